The fourth-order valence-corrected chi connectivity index (χ4v) is 2.20. The summed E-state index contributed by atoms with van der Waals surface area (Å²) in [6, 6.07) is 10.2. The van der Waals surface area contributed by atoms with Crippen molar-refractivity contribution in [3.8, 4) is 0 Å². The van der Waals surface area contributed by atoms with E-state index in [1.807, 2.05) is 19.2 Å². The Morgan fingerprint density at radius 1 is 1.21 bits per heavy atom. The fraction of sp³-hybridized carbons (Fsp3) is 0.200. The standard InChI is InChI=1S/C15H17N3S/c1-10-4-5-14(11(2)8-10)18(3)12-6-7-17-13(9-12)15(16)19/h4-9H,1-3H3,(H2,16,19). The lowest BCUT2D eigenvalue weighted by Crippen LogP contribution is -2.15. The number of nitrogens with two attached hydrogens (primary N) is 1. The van der Waals surface area contributed by atoms with Crippen molar-refractivity contribution < 1.29 is 0 Å². The van der Waals surface area contributed by atoms with Crippen LogP contribution < -0.4 is 10.6 Å². The van der Waals surface area contributed by atoms with E-state index in [4.69, 9.17) is 18.0 Å². The molecule has 0 aliphatic carbocycles. The SMILES string of the molecule is Cc1ccc(N(C)c2ccnc(C(N)=S)c2)c(C)c1. The summed E-state index contributed by atoms with van der Waals surface area (Å²) in [6.45, 7) is 4.20. The molecule has 0 bridgehead atoms. The Bertz CT molecular complexity index is 623. The van der Waals surface area contributed by atoms with Crippen LogP contribution in [0.2, 0.25) is 0 Å². The highest BCUT2D eigenvalue weighted by molar-refractivity contribution is 7.80. The molecule has 4 heteroatoms. The van der Waals surface area contributed by atoms with Gasteiger partial charge in [-0.05, 0) is 37.6 Å². The summed E-state index contributed by atoms with van der Waals surface area (Å²) >= 11 is 4.96. The Kier molecular flexibility index (Phi) is 3.81. The number of benzene rings is 1. The van der Waals surface area contributed by atoms with Crippen molar-refractivity contribution in [2.45, 2.75) is 13.8 Å². The first kappa shape index (κ1) is 13.5. The third-order valence-corrected chi connectivity index (χ3v) is 3.31. The molecule has 0 unspecified atom stereocenters. The molecule has 0 fully saturated rings. The average molecular weight is 271 g/mol. The first-order chi connectivity index (χ1) is 8.99. The van der Waals surface area contributed by atoms with Crippen LogP contribution in [0.5, 0.6) is 0 Å². The Morgan fingerprint density at radius 2 is 1.95 bits per heavy atom. The van der Waals surface area contributed by atoms with Crippen molar-refractivity contribution in [3.05, 3.63) is 53.3 Å². The number of nitrogens with zero attached hydrogens (tertiary/aromatic N) is 2. The van der Waals surface area contributed by atoms with Crippen molar-refractivity contribution in [3.63, 3.8) is 0 Å². The van der Waals surface area contributed by atoms with Crippen molar-refractivity contribution in [1.82, 2.24) is 4.98 Å². The van der Waals surface area contributed by atoms with E-state index in [1.54, 1.807) is 6.20 Å². The van der Waals surface area contributed by atoms with E-state index in [0.29, 0.717) is 10.7 Å². The van der Waals surface area contributed by atoms with E-state index in [1.165, 1.54) is 11.1 Å². The molecule has 2 aromatic rings. The van der Waals surface area contributed by atoms with Crippen LogP contribution in [0.1, 0.15) is 16.8 Å². The molecule has 2 N–H and O–H groups in total. The van der Waals surface area contributed by atoms with Gasteiger partial charge >= 0.3 is 0 Å². The predicted molar refractivity (Wildman–Crippen MR) is 84.1 cm³/mol. The molecular weight excluding hydrogens is 254 g/mol. The predicted octanol–water partition coefficient (Wildman–Crippen LogP) is 3.10. The summed E-state index contributed by atoms with van der Waals surface area (Å²) in [4.78, 5) is 6.58. The van der Waals surface area contributed by atoms with Gasteiger partial charge in [-0.3, -0.25) is 4.98 Å². The Morgan fingerprint density at radius 3 is 2.58 bits per heavy atom. The van der Waals surface area contributed by atoms with Crippen LogP contribution in [0.3, 0.4) is 0 Å². The minimum atomic E-state index is 0.316. The first-order valence-corrected chi connectivity index (χ1v) is 6.46. The summed E-state index contributed by atoms with van der Waals surface area (Å²) in [7, 11) is 2.02. The average Bonchev–Trinajstić information content (AvgIpc) is 2.38. The number of hydrogen-bond donors (Lipinski definition) is 1. The monoisotopic (exact) mass is 271 g/mol. The van der Waals surface area contributed by atoms with E-state index in [2.05, 4.69) is 41.9 Å². The number of hydrogen-bond acceptors (Lipinski definition) is 3. The van der Waals surface area contributed by atoms with Crippen LogP contribution in [-0.2, 0) is 0 Å². The minimum Gasteiger partial charge on any atom is -0.388 e. The van der Waals surface area contributed by atoms with E-state index in [0.717, 1.165) is 11.4 Å². The second-order valence-electron chi connectivity index (χ2n) is 4.61. The molecule has 0 radical (unpaired) electrons. The van der Waals surface area contributed by atoms with Crippen LogP contribution in [-0.4, -0.2) is 17.0 Å². The van der Waals surface area contributed by atoms with Gasteiger partial charge in [0.25, 0.3) is 0 Å². The van der Waals surface area contributed by atoms with Crippen LogP contribution in [0, 0.1) is 13.8 Å². The molecule has 0 amide bonds. The molecule has 0 atom stereocenters. The highest BCUT2D eigenvalue weighted by atomic mass is 32.1. The van der Waals surface area contributed by atoms with Crippen molar-refractivity contribution >= 4 is 28.6 Å². The molecule has 0 aliphatic heterocycles. The maximum atomic E-state index is 5.62. The van der Waals surface area contributed by atoms with Gasteiger partial charge in [-0.1, -0.05) is 29.9 Å². The van der Waals surface area contributed by atoms with Crippen molar-refractivity contribution in [2.24, 2.45) is 5.73 Å². The van der Waals surface area contributed by atoms with E-state index >= 15 is 0 Å². The quantitative estimate of drug-likeness (QED) is 0.871. The summed E-state index contributed by atoms with van der Waals surface area (Å²) < 4.78 is 0. The third-order valence-electron chi connectivity index (χ3n) is 3.10. The number of anilines is 2. The second-order valence-corrected chi connectivity index (χ2v) is 5.05. The Labute approximate surface area is 119 Å². The fourth-order valence-electron chi connectivity index (χ4n) is 2.08. The zero-order valence-electron chi connectivity index (χ0n) is 11.3. The molecule has 0 aliphatic rings. The number of rotatable bonds is 3. The number of aromatic nitrogens is 1. The van der Waals surface area contributed by atoms with Gasteiger partial charge in [-0.15, -0.1) is 0 Å². The summed E-state index contributed by atoms with van der Waals surface area (Å²) in [5.41, 5.74) is 10.9. The molecule has 98 valence electrons. The van der Waals surface area contributed by atoms with Crippen molar-refractivity contribution in [2.75, 3.05) is 11.9 Å². The molecule has 19 heavy (non-hydrogen) atoms. The summed E-state index contributed by atoms with van der Waals surface area (Å²) in [5, 5.41) is 0. The van der Waals surface area contributed by atoms with Crippen LogP contribution in [0.15, 0.2) is 36.5 Å². The zero-order valence-corrected chi connectivity index (χ0v) is 12.2. The van der Waals surface area contributed by atoms with Crippen LogP contribution in [0.4, 0.5) is 11.4 Å². The zero-order chi connectivity index (χ0) is 14.0. The summed E-state index contributed by atoms with van der Waals surface area (Å²) in [6.07, 6.45) is 1.73. The largest absolute Gasteiger partial charge is 0.388 e. The smallest absolute Gasteiger partial charge is 0.122 e. The molecule has 0 saturated heterocycles. The number of aryl methyl sites for hydroxylation is 2. The van der Waals surface area contributed by atoms with Crippen molar-refractivity contribution in [1.29, 1.82) is 0 Å². The highest BCUT2D eigenvalue weighted by Gasteiger charge is 2.08. The van der Waals surface area contributed by atoms with Gasteiger partial charge in [-0.25, -0.2) is 0 Å². The number of pyridine rings is 1. The molecule has 0 spiro atoms. The maximum absolute atomic E-state index is 5.62. The van der Waals surface area contributed by atoms with E-state index < -0.39 is 0 Å². The lowest BCUT2D eigenvalue weighted by molar-refractivity contribution is 1.16. The van der Waals surface area contributed by atoms with Gasteiger partial charge in [0.1, 0.15) is 4.99 Å². The highest BCUT2D eigenvalue weighted by Crippen LogP contribution is 2.27. The lowest BCUT2D eigenvalue weighted by atomic mass is 10.1. The first-order valence-electron chi connectivity index (χ1n) is 6.06. The summed E-state index contributed by atoms with van der Waals surface area (Å²) in [5.74, 6) is 0. The van der Waals surface area contributed by atoms with E-state index in [-0.39, 0.29) is 0 Å². The molecule has 1 aromatic carbocycles. The van der Waals surface area contributed by atoms with Gasteiger partial charge in [0, 0.05) is 24.6 Å². The van der Waals surface area contributed by atoms with Gasteiger partial charge in [-0.2, -0.15) is 0 Å². The molecule has 1 aromatic heterocycles. The van der Waals surface area contributed by atoms with E-state index in [9.17, 15) is 0 Å². The third kappa shape index (κ3) is 2.90. The van der Waals surface area contributed by atoms with Crippen LogP contribution in [0.25, 0.3) is 0 Å². The lowest BCUT2D eigenvalue weighted by Gasteiger charge is -2.22. The van der Waals surface area contributed by atoms with Gasteiger partial charge in [0.2, 0.25) is 0 Å². The number of thiocarbonyl (C=S) groups is 1. The van der Waals surface area contributed by atoms with Gasteiger partial charge < -0.3 is 10.6 Å². The maximum Gasteiger partial charge on any atom is 0.122 e. The van der Waals surface area contributed by atoms with Crippen LogP contribution >= 0.6 is 12.2 Å². The molecule has 0 saturated carbocycles. The van der Waals surface area contributed by atoms with Gasteiger partial charge in [0.15, 0.2) is 0 Å². The molecule has 1 heterocycles. The Hall–Kier alpha value is -1.94. The molecule has 2 rings (SSSR count). The van der Waals surface area contributed by atoms with Gasteiger partial charge in [0.05, 0.1) is 5.69 Å². The Balaban J connectivity index is 2.41. The topological polar surface area (TPSA) is 42.2 Å². The molecule has 3 nitrogen and oxygen atoms in total. The normalized spacial score (nSPS) is 10.3. The second kappa shape index (κ2) is 5.36. The molecular formula is C15H17N3S. The minimum absolute atomic E-state index is 0.316.